The number of halogens is 5. The molecule has 1 aromatic rings. The molecule has 1 rings (SSSR count). The third kappa shape index (κ3) is 8.64. The number of rotatable bonds is 14. The minimum absolute atomic E-state index is 0.223. The number of ether oxygens (including phenoxy) is 3. The van der Waals surface area contributed by atoms with Gasteiger partial charge in [0.15, 0.2) is 23.3 Å². The molecule has 5 nitrogen and oxygen atoms in total. The Kier molecular flexibility index (Phi) is 12.0. The van der Waals surface area contributed by atoms with Crippen molar-refractivity contribution in [1.82, 2.24) is 0 Å². The maximum Gasteiger partial charge on any atom is 0.332 e. The van der Waals surface area contributed by atoms with E-state index in [-0.39, 0.29) is 6.61 Å². The Bertz CT molecular complexity index is 682. The zero-order chi connectivity index (χ0) is 22.5. The van der Waals surface area contributed by atoms with Gasteiger partial charge in [0.25, 0.3) is 0 Å². The fourth-order valence-electron chi connectivity index (χ4n) is 2.48. The van der Waals surface area contributed by atoms with Crippen molar-refractivity contribution in [3.63, 3.8) is 0 Å². The van der Waals surface area contributed by atoms with Crippen LogP contribution >= 0.6 is 0 Å². The van der Waals surface area contributed by atoms with Gasteiger partial charge in [-0.15, -0.1) is 0 Å². The van der Waals surface area contributed by atoms with Crippen molar-refractivity contribution in [1.29, 1.82) is 0 Å². The van der Waals surface area contributed by atoms with Gasteiger partial charge < -0.3 is 14.2 Å². The number of unbranched alkanes of at least 4 members (excludes halogenated alkanes) is 6. The quantitative estimate of drug-likeness (QED) is 0.138. The van der Waals surface area contributed by atoms with E-state index in [1.807, 2.05) is 0 Å². The molecule has 1 aromatic carbocycles. The fourth-order valence-corrected chi connectivity index (χ4v) is 2.48. The molecule has 0 amide bonds. The van der Waals surface area contributed by atoms with E-state index in [4.69, 9.17) is 9.47 Å². The predicted molar refractivity (Wildman–Crippen MR) is 95.8 cm³/mol. The Labute approximate surface area is 171 Å². The van der Waals surface area contributed by atoms with Crippen molar-refractivity contribution in [2.24, 2.45) is 0 Å². The Morgan fingerprint density at radius 3 is 1.70 bits per heavy atom. The molecule has 0 saturated heterocycles. The lowest BCUT2D eigenvalue weighted by molar-refractivity contribution is -0.156. The summed E-state index contributed by atoms with van der Waals surface area (Å²) >= 11 is 0. The van der Waals surface area contributed by atoms with Crippen molar-refractivity contribution < 1.29 is 45.8 Å². The van der Waals surface area contributed by atoms with Crippen LogP contribution in [-0.2, 0) is 30.4 Å². The number of carbonyl (C=O) groups excluding carboxylic acids is 2. The molecule has 0 spiro atoms. The minimum atomic E-state index is -2.31. The molecule has 0 radical (unpaired) electrons. The Morgan fingerprint density at radius 1 is 0.667 bits per heavy atom. The Balaban J connectivity index is 2.22. The van der Waals surface area contributed by atoms with Gasteiger partial charge >= 0.3 is 11.9 Å². The zero-order valence-corrected chi connectivity index (χ0v) is 16.7. The standard InChI is InChI=1S/C20H25F5O5/c1-2-3-4-5-6-7-8-9-29-14(26)11-28-12-15(27)30-10-13-16(21)18(23)20(25)19(24)17(13)22/h2-12H2,1H3. The summed E-state index contributed by atoms with van der Waals surface area (Å²) in [5.74, 6) is -12.6. The second-order valence-electron chi connectivity index (χ2n) is 6.54. The van der Waals surface area contributed by atoms with Crippen molar-refractivity contribution in [3.8, 4) is 0 Å². The first-order valence-electron chi connectivity index (χ1n) is 9.68. The van der Waals surface area contributed by atoms with Gasteiger partial charge in [-0.3, -0.25) is 0 Å². The summed E-state index contributed by atoms with van der Waals surface area (Å²) in [5.41, 5.74) is -1.28. The normalized spacial score (nSPS) is 10.9. The van der Waals surface area contributed by atoms with Crippen LogP contribution in [0.15, 0.2) is 0 Å². The SMILES string of the molecule is CCCCCCCCCOC(=O)COCC(=O)OCc1c(F)c(F)c(F)c(F)c1F. The van der Waals surface area contributed by atoms with Crippen LogP contribution in [0.5, 0.6) is 0 Å². The summed E-state index contributed by atoms with van der Waals surface area (Å²) in [5, 5.41) is 0. The summed E-state index contributed by atoms with van der Waals surface area (Å²) in [4.78, 5) is 22.9. The molecule has 0 saturated carbocycles. The molecular weight excluding hydrogens is 415 g/mol. The minimum Gasteiger partial charge on any atom is -0.464 e. The highest BCUT2D eigenvalue weighted by atomic mass is 19.2. The van der Waals surface area contributed by atoms with Crippen LogP contribution in [0.2, 0.25) is 0 Å². The average molecular weight is 440 g/mol. The maximum atomic E-state index is 13.5. The first kappa shape index (κ1) is 25.8. The third-order valence-corrected chi connectivity index (χ3v) is 4.13. The van der Waals surface area contributed by atoms with E-state index in [9.17, 15) is 31.5 Å². The number of hydrogen-bond acceptors (Lipinski definition) is 5. The molecule has 10 heteroatoms. The molecule has 0 heterocycles. The highest BCUT2D eigenvalue weighted by molar-refractivity contribution is 5.73. The molecular formula is C20H25F5O5. The van der Waals surface area contributed by atoms with Crippen LogP contribution in [0.4, 0.5) is 22.0 Å². The lowest BCUT2D eigenvalue weighted by atomic mass is 10.1. The van der Waals surface area contributed by atoms with Gasteiger partial charge in [-0.05, 0) is 6.42 Å². The molecule has 0 bridgehead atoms. The number of carbonyl (C=O) groups is 2. The lowest BCUT2D eigenvalue weighted by Gasteiger charge is -2.09. The van der Waals surface area contributed by atoms with E-state index >= 15 is 0 Å². The van der Waals surface area contributed by atoms with Gasteiger partial charge in [-0.2, -0.15) is 0 Å². The first-order chi connectivity index (χ1) is 14.3. The van der Waals surface area contributed by atoms with Gasteiger partial charge in [0.2, 0.25) is 5.82 Å². The molecule has 0 atom stereocenters. The van der Waals surface area contributed by atoms with Crippen LogP contribution in [0.1, 0.15) is 57.4 Å². The van der Waals surface area contributed by atoms with Gasteiger partial charge in [0.1, 0.15) is 19.8 Å². The van der Waals surface area contributed by atoms with E-state index < -0.39 is 66.4 Å². The predicted octanol–water partition coefficient (Wildman–Crippen LogP) is 4.74. The van der Waals surface area contributed by atoms with Crippen LogP contribution in [0.3, 0.4) is 0 Å². The maximum absolute atomic E-state index is 13.5. The molecule has 0 fully saturated rings. The summed E-state index contributed by atoms with van der Waals surface area (Å²) in [7, 11) is 0. The van der Waals surface area contributed by atoms with E-state index in [2.05, 4.69) is 11.7 Å². The van der Waals surface area contributed by atoms with Gasteiger partial charge in [0.05, 0.1) is 12.2 Å². The van der Waals surface area contributed by atoms with Crippen LogP contribution in [0, 0.1) is 29.1 Å². The van der Waals surface area contributed by atoms with Crippen LogP contribution < -0.4 is 0 Å². The number of benzene rings is 1. The largest absolute Gasteiger partial charge is 0.464 e. The molecule has 0 aliphatic heterocycles. The zero-order valence-electron chi connectivity index (χ0n) is 16.7. The monoisotopic (exact) mass is 440 g/mol. The van der Waals surface area contributed by atoms with Crippen LogP contribution in [0.25, 0.3) is 0 Å². The van der Waals surface area contributed by atoms with Crippen molar-refractivity contribution in [2.75, 3.05) is 19.8 Å². The molecule has 0 N–H and O–H groups in total. The summed E-state index contributed by atoms with van der Waals surface area (Å²) in [6.07, 6.45) is 7.40. The molecule has 0 aliphatic rings. The topological polar surface area (TPSA) is 61.8 Å². The highest BCUT2D eigenvalue weighted by Crippen LogP contribution is 2.23. The third-order valence-electron chi connectivity index (χ3n) is 4.13. The van der Waals surface area contributed by atoms with E-state index in [1.165, 1.54) is 19.3 Å². The number of esters is 2. The lowest BCUT2D eigenvalue weighted by Crippen LogP contribution is -2.19. The van der Waals surface area contributed by atoms with Crippen molar-refractivity contribution >= 4 is 11.9 Å². The van der Waals surface area contributed by atoms with Gasteiger partial charge in [-0.1, -0.05) is 45.4 Å². The molecule has 170 valence electrons. The first-order valence-corrected chi connectivity index (χ1v) is 9.68. The van der Waals surface area contributed by atoms with Crippen molar-refractivity contribution in [2.45, 2.75) is 58.5 Å². The summed E-state index contributed by atoms with van der Waals surface area (Å²) < 4.78 is 80.1. The van der Waals surface area contributed by atoms with Gasteiger partial charge in [0, 0.05) is 0 Å². The second-order valence-corrected chi connectivity index (χ2v) is 6.54. The smallest absolute Gasteiger partial charge is 0.332 e. The Morgan fingerprint density at radius 2 is 1.13 bits per heavy atom. The number of hydrogen-bond donors (Lipinski definition) is 0. The molecule has 0 unspecified atom stereocenters. The summed E-state index contributed by atoms with van der Waals surface area (Å²) in [6, 6.07) is 0. The Hall–Kier alpha value is -2.23. The van der Waals surface area contributed by atoms with Gasteiger partial charge in [-0.25, -0.2) is 31.5 Å². The molecule has 30 heavy (non-hydrogen) atoms. The highest BCUT2D eigenvalue weighted by Gasteiger charge is 2.26. The summed E-state index contributed by atoms with van der Waals surface area (Å²) in [6.45, 7) is -0.137. The van der Waals surface area contributed by atoms with Crippen LogP contribution in [-0.4, -0.2) is 31.8 Å². The molecule has 0 aromatic heterocycles. The van der Waals surface area contributed by atoms with E-state index in [0.717, 1.165) is 19.3 Å². The molecule has 0 aliphatic carbocycles. The van der Waals surface area contributed by atoms with Crippen molar-refractivity contribution in [3.05, 3.63) is 34.6 Å². The van der Waals surface area contributed by atoms with E-state index in [1.54, 1.807) is 0 Å². The average Bonchev–Trinajstić information content (AvgIpc) is 2.72. The second kappa shape index (κ2) is 13.9. The fraction of sp³-hybridized carbons (Fsp3) is 0.600. The van der Waals surface area contributed by atoms with E-state index in [0.29, 0.717) is 6.42 Å².